The molecule has 2 amide bonds. The molecular formula is C27H36Cl2N4O4. The van der Waals surface area contributed by atoms with Crippen molar-refractivity contribution in [1.29, 1.82) is 0 Å². The van der Waals surface area contributed by atoms with Gasteiger partial charge in [0.05, 0.1) is 10.0 Å². The van der Waals surface area contributed by atoms with Gasteiger partial charge in [0.2, 0.25) is 5.91 Å². The Bertz CT molecular complexity index is 1080. The number of nitrogens with zero attached hydrogens (tertiary/aromatic N) is 1. The first kappa shape index (κ1) is 29.0. The molecule has 0 bridgehead atoms. The number of phenols is 1. The summed E-state index contributed by atoms with van der Waals surface area (Å²) >= 11 is 12.0. The monoisotopic (exact) mass is 550 g/mol. The minimum Gasteiger partial charge on any atom is -0.506 e. The van der Waals surface area contributed by atoms with E-state index in [9.17, 15) is 14.7 Å². The van der Waals surface area contributed by atoms with Gasteiger partial charge in [-0.25, -0.2) is 0 Å². The smallest absolute Gasteiger partial charge is 0.262 e. The van der Waals surface area contributed by atoms with E-state index in [0.29, 0.717) is 60.5 Å². The second kappa shape index (κ2) is 14.4. The molecule has 37 heavy (non-hydrogen) atoms. The predicted octanol–water partition coefficient (Wildman–Crippen LogP) is 4.01. The lowest BCUT2D eigenvalue weighted by Crippen LogP contribution is -2.43. The van der Waals surface area contributed by atoms with Crippen LogP contribution in [0.1, 0.15) is 37.8 Å². The van der Waals surface area contributed by atoms with Gasteiger partial charge in [-0.2, -0.15) is 0 Å². The Balaban J connectivity index is 1.39. The number of carbonyl (C=O) groups is 2. The number of benzene rings is 2. The second-order valence-corrected chi connectivity index (χ2v) is 9.94. The summed E-state index contributed by atoms with van der Waals surface area (Å²) in [6.45, 7) is 7.43. The highest BCUT2D eigenvalue weighted by Crippen LogP contribution is 2.39. The van der Waals surface area contributed by atoms with Crippen molar-refractivity contribution in [3.05, 3.63) is 51.5 Å². The van der Waals surface area contributed by atoms with Crippen molar-refractivity contribution in [3.63, 3.8) is 0 Å². The van der Waals surface area contributed by atoms with Crippen molar-refractivity contribution >= 4 is 40.7 Å². The molecule has 0 unspecified atom stereocenters. The summed E-state index contributed by atoms with van der Waals surface area (Å²) in [7, 11) is 0. The van der Waals surface area contributed by atoms with Gasteiger partial charge in [0.1, 0.15) is 11.4 Å². The summed E-state index contributed by atoms with van der Waals surface area (Å²) in [5.41, 5.74) is 2.33. The largest absolute Gasteiger partial charge is 0.506 e. The van der Waals surface area contributed by atoms with Crippen LogP contribution in [0.25, 0.3) is 0 Å². The number of hydrogen-bond donors (Lipinski definition) is 4. The summed E-state index contributed by atoms with van der Waals surface area (Å²) in [4.78, 5) is 26.4. The molecule has 1 aliphatic heterocycles. The van der Waals surface area contributed by atoms with Crippen LogP contribution in [0, 0.1) is 0 Å². The van der Waals surface area contributed by atoms with Crippen molar-refractivity contribution < 1.29 is 19.4 Å². The van der Waals surface area contributed by atoms with Crippen molar-refractivity contribution in [2.75, 3.05) is 44.6 Å². The molecule has 1 atom stereocenters. The van der Waals surface area contributed by atoms with Crippen LogP contribution in [0.3, 0.4) is 0 Å². The zero-order valence-electron chi connectivity index (χ0n) is 21.4. The Labute approximate surface area is 228 Å². The zero-order valence-corrected chi connectivity index (χ0v) is 22.9. The molecule has 0 radical (unpaired) electrons. The van der Waals surface area contributed by atoms with E-state index in [1.807, 2.05) is 17.0 Å². The maximum absolute atomic E-state index is 12.9. The number of hydrogen-bond acceptors (Lipinski definition) is 6. The third-order valence-corrected chi connectivity index (χ3v) is 7.20. The molecule has 10 heteroatoms. The Kier molecular flexibility index (Phi) is 11.3. The van der Waals surface area contributed by atoms with Crippen LogP contribution < -0.4 is 20.7 Å². The molecular weight excluding hydrogens is 515 g/mol. The van der Waals surface area contributed by atoms with Crippen molar-refractivity contribution in [3.8, 4) is 11.5 Å². The summed E-state index contributed by atoms with van der Waals surface area (Å²) < 4.78 is 5.54. The normalized spacial score (nSPS) is 13.5. The van der Waals surface area contributed by atoms with Crippen molar-refractivity contribution in [2.24, 2.45) is 0 Å². The Morgan fingerprint density at radius 3 is 2.62 bits per heavy atom. The molecule has 0 spiro atoms. The topological polar surface area (TPSA) is 103 Å². The fourth-order valence-corrected chi connectivity index (χ4v) is 4.48. The highest BCUT2D eigenvalue weighted by atomic mass is 35.5. The van der Waals surface area contributed by atoms with Gasteiger partial charge in [0.25, 0.3) is 5.91 Å². The van der Waals surface area contributed by atoms with Crippen LogP contribution in [-0.2, 0) is 22.4 Å². The van der Waals surface area contributed by atoms with Gasteiger partial charge in [-0.3, -0.25) is 9.59 Å². The number of fused-ring (bicyclic) bond motifs is 1. The molecule has 2 aromatic carbocycles. The Morgan fingerprint density at radius 2 is 1.86 bits per heavy atom. The number of rotatable bonds is 14. The molecule has 0 aliphatic carbocycles. The number of nitrogens with one attached hydrogen (secondary N) is 3. The molecule has 1 aliphatic rings. The van der Waals surface area contributed by atoms with E-state index in [2.05, 4.69) is 29.8 Å². The maximum atomic E-state index is 12.9. The van der Waals surface area contributed by atoms with Gasteiger partial charge in [0.15, 0.2) is 12.4 Å². The lowest BCUT2D eigenvalue weighted by Gasteiger charge is -2.29. The van der Waals surface area contributed by atoms with Gasteiger partial charge in [-0.1, -0.05) is 42.3 Å². The first-order valence-electron chi connectivity index (χ1n) is 12.7. The second-order valence-electron chi connectivity index (χ2n) is 9.13. The third-order valence-electron chi connectivity index (χ3n) is 6.46. The highest BCUT2D eigenvalue weighted by molar-refractivity contribution is 6.42. The first-order valence-corrected chi connectivity index (χ1v) is 13.5. The fourth-order valence-electron chi connectivity index (χ4n) is 4.16. The summed E-state index contributed by atoms with van der Waals surface area (Å²) in [5.74, 6) is 0.361. The number of aromatic hydroxyl groups is 1. The molecule has 8 nitrogen and oxygen atoms in total. The zero-order chi connectivity index (χ0) is 26.8. The van der Waals surface area contributed by atoms with Crippen LogP contribution >= 0.6 is 23.2 Å². The van der Waals surface area contributed by atoms with E-state index in [0.717, 1.165) is 30.5 Å². The van der Waals surface area contributed by atoms with Gasteiger partial charge in [-0.05, 0) is 68.6 Å². The summed E-state index contributed by atoms with van der Waals surface area (Å²) in [6.07, 6.45) is 2.80. The van der Waals surface area contributed by atoms with Crippen LogP contribution in [-0.4, -0.2) is 67.2 Å². The van der Waals surface area contributed by atoms with Crippen LogP contribution in [0.4, 0.5) is 5.69 Å². The van der Waals surface area contributed by atoms with Gasteiger partial charge in [-0.15, -0.1) is 0 Å². The molecule has 0 fully saturated rings. The van der Waals surface area contributed by atoms with E-state index >= 15 is 0 Å². The van der Waals surface area contributed by atoms with E-state index in [-0.39, 0.29) is 30.2 Å². The SMILES string of the molecule is CC[C@@H](C)N(CCNCCc1ccc(O)c2c1OCC(=O)N2)C(=O)CCNCCc1ccc(Cl)c(Cl)c1. The van der Waals surface area contributed by atoms with Gasteiger partial charge >= 0.3 is 0 Å². The number of phenolic OH excluding ortho intramolecular Hbond substituents is 1. The third kappa shape index (κ3) is 8.50. The lowest BCUT2D eigenvalue weighted by atomic mass is 10.1. The van der Waals surface area contributed by atoms with Crippen LogP contribution in [0.2, 0.25) is 10.0 Å². The lowest BCUT2D eigenvalue weighted by molar-refractivity contribution is -0.133. The molecule has 0 saturated carbocycles. The number of carbonyl (C=O) groups excluding carboxylic acids is 2. The molecule has 4 N–H and O–H groups in total. The van der Waals surface area contributed by atoms with E-state index < -0.39 is 0 Å². The van der Waals surface area contributed by atoms with Crippen molar-refractivity contribution in [2.45, 2.75) is 45.6 Å². The molecule has 0 saturated heterocycles. The summed E-state index contributed by atoms with van der Waals surface area (Å²) in [5, 5.41) is 20.5. The maximum Gasteiger partial charge on any atom is 0.262 e. The molecule has 2 aromatic rings. The first-order chi connectivity index (χ1) is 17.8. The number of ether oxygens (including phenoxy) is 1. The number of amides is 2. The summed E-state index contributed by atoms with van der Waals surface area (Å²) in [6, 6.07) is 9.15. The number of anilines is 1. The van der Waals surface area contributed by atoms with Crippen molar-refractivity contribution in [1.82, 2.24) is 15.5 Å². The average molecular weight is 552 g/mol. The molecule has 202 valence electrons. The predicted molar refractivity (Wildman–Crippen MR) is 148 cm³/mol. The number of halogens is 2. The highest BCUT2D eigenvalue weighted by Gasteiger charge is 2.22. The van der Waals surface area contributed by atoms with Gasteiger partial charge < -0.3 is 30.7 Å². The van der Waals surface area contributed by atoms with E-state index in [4.69, 9.17) is 27.9 Å². The standard InChI is InChI=1S/C27H36Cl2N4O4/c1-3-18(2)33(25(36)10-13-30-11-8-19-4-6-21(28)22(29)16-19)15-14-31-12-9-20-5-7-23(34)26-27(20)37-17-24(35)32-26/h4-7,16,18,30-31,34H,3,8-15,17H2,1-2H3,(H,32,35)/t18-/m1/s1. The Hall–Kier alpha value is -2.52. The molecule has 0 aromatic heterocycles. The Morgan fingerprint density at radius 1 is 1.11 bits per heavy atom. The van der Waals surface area contributed by atoms with Crippen LogP contribution in [0.15, 0.2) is 30.3 Å². The van der Waals surface area contributed by atoms with Crippen LogP contribution in [0.5, 0.6) is 11.5 Å². The van der Waals surface area contributed by atoms with E-state index in [1.165, 1.54) is 0 Å². The molecule has 1 heterocycles. The fraction of sp³-hybridized carbons (Fsp3) is 0.481. The van der Waals surface area contributed by atoms with E-state index in [1.54, 1.807) is 18.2 Å². The minimum absolute atomic E-state index is 0.00803. The average Bonchev–Trinajstić information content (AvgIpc) is 2.88. The molecule has 3 rings (SSSR count). The quantitative estimate of drug-likeness (QED) is 0.209. The van der Waals surface area contributed by atoms with Gasteiger partial charge in [0, 0.05) is 32.1 Å². The minimum atomic E-state index is -0.283.